The first-order valence-electron chi connectivity index (χ1n) is 10.9. The first kappa shape index (κ1) is 27.0. The van der Waals surface area contributed by atoms with Gasteiger partial charge in [0, 0.05) is 37.5 Å². The maximum Gasteiger partial charge on any atom is 0.360 e. The van der Waals surface area contributed by atoms with E-state index in [4.69, 9.17) is 34.7 Å². The standard InChI is InChI=1S/C15H22N8O.C6H4Cl2N2O2/c1-23-7-6-12(22-23)19-11-8-13(20-21-14(11)15(17)24)18-10-5-3-2-4-9(10)16;1-12-6(11)5-3(7)2-4(8)9-10-5/h6-10H,2-5,16H2,1H3,(H2,17,24)(H2,18,19,20,22);2H,1H3/t9-,10+;/m0./s1. The van der Waals surface area contributed by atoms with Crippen molar-refractivity contribution in [3.8, 4) is 0 Å². The summed E-state index contributed by atoms with van der Waals surface area (Å²) in [5.41, 5.74) is 12.0. The van der Waals surface area contributed by atoms with Crippen molar-refractivity contribution in [1.82, 2.24) is 30.2 Å². The molecule has 0 unspecified atom stereocenters. The SMILES string of the molecule is COC(=O)c1nnc(Cl)cc1Cl.Cn1ccc(Nc2cc(N[C@@H]3CCCC[C@@H]3N)nnc2C(N)=O)n1. The molecule has 1 amide bonds. The molecule has 13 nitrogen and oxygen atoms in total. The molecule has 1 fully saturated rings. The van der Waals surface area contributed by atoms with Gasteiger partial charge in [0.25, 0.3) is 5.91 Å². The lowest BCUT2D eigenvalue weighted by molar-refractivity contribution is 0.0592. The number of hydrogen-bond acceptors (Lipinski definition) is 11. The van der Waals surface area contributed by atoms with Crippen LogP contribution >= 0.6 is 23.2 Å². The van der Waals surface area contributed by atoms with E-state index in [1.165, 1.54) is 13.2 Å². The van der Waals surface area contributed by atoms with Gasteiger partial charge in [0.05, 0.1) is 17.8 Å². The summed E-state index contributed by atoms with van der Waals surface area (Å²) in [7, 11) is 3.04. The number of ether oxygens (including phenoxy) is 1. The van der Waals surface area contributed by atoms with Crippen LogP contribution in [0.3, 0.4) is 0 Å². The fourth-order valence-electron chi connectivity index (χ4n) is 3.47. The number of hydrogen-bond donors (Lipinski definition) is 4. The van der Waals surface area contributed by atoms with E-state index in [-0.39, 0.29) is 33.6 Å². The predicted octanol–water partition coefficient (Wildman–Crippen LogP) is 2.30. The molecule has 3 aromatic rings. The van der Waals surface area contributed by atoms with Gasteiger partial charge in [-0.1, -0.05) is 36.0 Å². The Morgan fingerprint density at radius 1 is 1.08 bits per heavy atom. The number of halogens is 2. The maximum atomic E-state index is 11.6. The van der Waals surface area contributed by atoms with Gasteiger partial charge in [0.15, 0.2) is 28.2 Å². The zero-order chi connectivity index (χ0) is 26.2. The molecule has 0 aliphatic heterocycles. The molecule has 3 heterocycles. The van der Waals surface area contributed by atoms with Crippen molar-refractivity contribution in [1.29, 1.82) is 0 Å². The van der Waals surface area contributed by atoms with E-state index >= 15 is 0 Å². The molecule has 0 aromatic carbocycles. The van der Waals surface area contributed by atoms with Crippen LogP contribution in [-0.2, 0) is 11.8 Å². The van der Waals surface area contributed by atoms with E-state index in [0.717, 1.165) is 25.7 Å². The largest absolute Gasteiger partial charge is 0.464 e. The Kier molecular flexibility index (Phi) is 9.33. The number of anilines is 3. The zero-order valence-corrected chi connectivity index (χ0v) is 21.1. The van der Waals surface area contributed by atoms with Crippen LogP contribution in [-0.4, -0.2) is 61.2 Å². The third-order valence-corrected chi connectivity index (χ3v) is 5.73. The summed E-state index contributed by atoms with van der Waals surface area (Å²) in [5.74, 6) is -0.139. The fraction of sp³-hybridized carbons (Fsp3) is 0.381. The zero-order valence-electron chi connectivity index (χ0n) is 19.6. The Balaban J connectivity index is 0.000000253. The number of carbonyl (C=O) groups is 2. The number of nitrogens with zero attached hydrogens (tertiary/aromatic N) is 6. The van der Waals surface area contributed by atoms with Gasteiger partial charge in [-0.2, -0.15) is 5.10 Å². The number of nitrogens with one attached hydrogen (secondary N) is 2. The van der Waals surface area contributed by atoms with Crippen molar-refractivity contribution in [3.63, 3.8) is 0 Å². The number of carbonyl (C=O) groups excluding carboxylic acids is 2. The van der Waals surface area contributed by atoms with Crippen molar-refractivity contribution >= 4 is 52.4 Å². The number of methoxy groups -OCH3 is 1. The van der Waals surface area contributed by atoms with E-state index in [9.17, 15) is 9.59 Å². The van der Waals surface area contributed by atoms with Crippen molar-refractivity contribution in [3.05, 3.63) is 46.0 Å². The minimum absolute atomic E-state index is 0.0384. The van der Waals surface area contributed by atoms with Gasteiger partial charge in [-0.25, -0.2) is 4.79 Å². The molecule has 0 radical (unpaired) electrons. The number of aryl methyl sites for hydroxylation is 1. The molecule has 1 aliphatic carbocycles. The van der Waals surface area contributed by atoms with Gasteiger partial charge in [-0.05, 0) is 18.9 Å². The van der Waals surface area contributed by atoms with Gasteiger partial charge in [0.2, 0.25) is 0 Å². The predicted molar refractivity (Wildman–Crippen MR) is 134 cm³/mol. The smallest absolute Gasteiger partial charge is 0.360 e. The van der Waals surface area contributed by atoms with Crippen LogP contribution in [0.4, 0.5) is 17.3 Å². The van der Waals surface area contributed by atoms with Gasteiger partial charge < -0.3 is 26.8 Å². The van der Waals surface area contributed by atoms with Crippen LogP contribution in [0.5, 0.6) is 0 Å². The lowest BCUT2D eigenvalue weighted by Gasteiger charge is -2.29. The molecule has 36 heavy (non-hydrogen) atoms. The van der Waals surface area contributed by atoms with E-state index in [0.29, 0.717) is 17.3 Å². The highest BCUT2D eigenvalue weighted by Gasteiger charge is 2.23. The van der Waals surface area contributed by atoms with E-state index in [1.54, 1.807) is 23.0 Å². The molecule has 3 aromatic heterocycles. The monoisotopic (exact) mass is 536 g/mol. The normalized spacial score (nSPS) is 16.9. The van der Waals surface area contributed by atoms with E-state index < -0.39 is 11.9 Å². The van der Waals surface area contributed by atoms with Crippen LogP contribution in [0.2, 0.25) is 10.2 Å². The molecule has 1 aliphatic rings. The van der Waals surface area contributed by atoms with Gasteiger partial charge in [0.1, 0.15) is 0 Å². The second kappa shape index (κ2) is 12.4. The number of rotatable bonds is 6. The minimum atomic E-state index is -0.651. The summed E-state index contributed by atoms with van der Waals surface area (Å²) in [6.45, 7) is 0. The minimum Gasteiger partial charge on any atom is -0.464 e. The highest BCUT2D eigenvalue weighted by Crippen LogP contribution is 2.24. The quantitative estimate of drug-likeness (QED) is 0.338. The Hall–Kier alpha value is -3.55. The van der Waals surface area contributed by atoms with Gasteiger partial charge in [-0.15, -0.1) is 20.4 Å². The molecule has 0 saturated heterocycles. The maximum absolute atomic E-state index is 11.6. The van der Waals surface area contributed by atoms with Crippen LogP contribution in [0.1, 0.15) is 46.7 Å². The average Bonchev–Trinajstić information content (AvgIpc) is 3.25. The van der Waals surface area contributed by atoms with Crippen LogP contribution in [0.15, 0.2) is 24.4 Å². The lowest BCUT2D eigenvalue weighted by Crippen LogP contribution is -2.42. The average molecular weight is 537 g/mol. The molecular weight excluding hydrogens is 511 g/mol. The topological polar surface area (TPSA) is 189 Å². The molecule has 0 spiro atoms. The summed E-state index contributed by atoms with van der Waals surface area (Å²) in [6, 6.07) is 5.06. The molecule has 6 N–H and O–H groups in total. The Labute approximate surface area is 216 Å². The van der Waals surface area contributed by atoms with Gasteiger partial charge in [-0.3, -0.25) is 9.48 Å². The lowest BCUT2D eigenvalue weighted by atomic mass is 9.91. The van der Waals surface area contributed by atoms with Crippen molar-refractivity contribution in [2.75, 3.05) is 17.7 Å². The van der Waals surface area contributed by atoms with Crippen LogP contribution in [0, 0.1) is 0 Å². The Morgan fingerprint density at radius 2 is 1.81 bits per heavy atom. The van der Waals surface area contributed by atoms with E-state index in [2.05, 4.69) is 40.9 Å². The second-order valence-electron chi connectivity index (χ2n) is 7.91. The van der Waals surface area contributed by atoms with E-state index in [1.807, 2.05) is 7.05 Å². The van der Waals surface area contributed by atoms with Crippen molar-refractivity contribution in [2.45, 2.75) is 37.8 Å². The summed E-state index contributed by atoms with van der Waals surface area (Å²) in [6.07, 6.45) is 6.06. The summed E-state index contributed by atoms with van der Waals surface area (Å²) >= 11 is 11.1. The number of esters is 1. The van der Waals surface area contributed by atoms with Crippen molar-refractivity contribution < 1.29 is 14.3 Å². The first-order chi connectivity index (χ1) is 17.2. The number of primary amides is 1. The molecule has 2 atom stereocenters. The molecule has 15 heteroatoms. The number of aromatic nitrogens is 6. The third-order valence-electron chi connectivity index (χ3n) is 5.25. The highest BCUT2D eigenvalue weighted by molar-refractivity contribution is 6.35. The third kappa shape index (κ3) is 7.23. The fourth-order valence-corrected chi connectivity index (χ4v) is 3.89. The second-order valence-corrected chi connectivity index (χ2v) is 8.70. The molecule has 192 valence electrons. The highest BCUT2D eigenvalue weighted by atomic mass is 35.5. The first-order valence-corrected chi connectivity index (χ1v) is 11.7. The van der Waals surface area contributed by atoms with Crippen molar-refractivity contribution in [2.24, 2.45) is 18.5 Å². The molecule has 0 bridgehead atoms. The Bertz CT molecular complexity index is 1220. The van der Waals surface area contributed by atoms with Gasteiger partial charge >= 0.3 is 5.97 Å². The molecule has 4 rings (SSSR count). The molecule has 1 saturated carbocycles. The summed E-state index contributed by atoms with van der Waals surface area (Å²) < 4.78 is 6.04. The van der Waals surface area contributed by atoms with Crippen LogP contribution in [0.25, 0.3) is 0 Å². The number of amides is 1. The Morgan fingerprint density at radius 3 is 2.42 bits per heavy atom. The summed E-state index contributed by atoms with van der Waals surface area (Å²) in [5, 5.41) is 25.8. The number of nitrogens with two attached hydrogens (primary N) is 2. The van der Waals surface area contributed by atoms with Crippen LogP contribution < -0.4 is 22.1 Å². The summed E-state index contributed by atoms with van der Waals surface area (Å²) in [4.78, 5) is 22.5. The molecular formula is C21H26Cl2N10O3.